The van der Waals surface area contributed by atoms with Gasteiger partial charge in [-0.1, -0.05) is 47.5 Å². The maximum Gasteiger partial charge on any atom is 0.345 e. The van der Waals surface area contributed by atoms with Crippen molar-refractivity contribution < 1.29 is 28.5 Å². The highest BCUT2D eigenvalue weighted by Crippen LogP contribution is 2.53. The van der Waals surface area contributed by atoms with Crippen LogP contribution in [0.25, 0.3) is 31.8 Å². The zero-order valence-corrected chi connectivity index (χ0v) is 30.0. The number of fused-ring (bicyclic) bond motifs is 7. The molecule has 5 heterocycles. The maximum atomic E-state index is 14.1. The molecule has 0 spiro atoms. The molecule has 1 fully saturated rings. The number of aromatic nitrogens is 2. The quantitative estimate of drug-likeness (QED) is 0.201. The van der Waals surface area contributed by atoms with Gasteiger partial charge in [0.15, 0.2) is 5.75 Å². The van der Waals surface area contributed by atoms with Gasteiger partial charge in [-0.2, -0.15) is 0 Å². The molecule has 3 aromatic carbocycles. The molecule has 4 bridgehead atoms. The lowest BCUT2D eigenvalue weighted by Crippen LogP contribution is -2.49. The van der Waals surface area contributed by atoms with Gasteiger partial charge in [0.2, 0.25) is 12.0 Å². The normalized spacial score (nSPS) is 18.7. The largest absolute Gasteiger partial charge is 0.490 e. The smallest absolute Gasteiger partial charge is 0.345 e. The van der Waals surface area contributed by atoms with Gasteiger partial charge in [-0.05, 0) is 73.0 Å². The van der Waals surface area contributed by atoms with Gasteiger partial charge in [0.25, 0.3) is 0 Å². The molecule has 0 radical (unpaired) electrons. The first-order valence-corrected chi connectivity index (χ1v) is 17.8. The number of carboxylic acid groups (broad SMARTS) is 1. The number of hydrogen-bond donors (Lipinski definition) is 1. The lowest BCUT2D eigenvalue weighted by Gasteiger charge is -2.35. The van der Waals surface area contributed by atoms with Crippen LogP contribution >= 0.6 is 34.5 Å². The Kier molecular flexibility index (Phi) is 9.87. The summed E-state index contributed by atoms with van der Waals surface area (Å²) < 4.78 is 33.4. The first-order chi connectivity index (χ1) is 24.1. The fourth-order valence-electron chi connectivity index (χ4n) is 6.54. The monoisotopic (exact) mass is 736 g/mol. The van der Waals surface area contributed by atoms with E-state index in [0.717, 1.165) is 36.6 Å². The van der Waals surface area contributed by atoms with Crippen LogP contribution in [0.1, 0.15) is 16.7 Å². The summed E-state index contributed by atoms with van der Waals surface area (Å²) in [6.07, 6.45) is -0.331. The summed E-state index contributed by atoms with van der Waals surface area (Å²) in [6, 6.07) is 13.5. The molecule has 0 amide bonds. The average molecular weight is 738 g/mol. The molecule has 8 rings (SSSR count). The first-order valence-electron chi connectivity index (χ1n) is 16.3. The van der Waals surface area contributed by atoms with E-state index >= 15 is 0 Å². The third-order valence-electron chi connectivity index (χ3n) is 9.24. The number of hydrogen-bond acceptors (Lipinski definition) is 9. The molecule has 13 heteroatoms. The molecule has 1 N–H and O–H groups in total. The minimum atomic E-state index is -1.29. The van der Waals surface area contributed by atoms with Crippen LogP contribution in [0.5, 0.6) is 17.4 Å². The Labute approximate surface area is 303 Å². The molecule has 260 valence electrons. The predicted molar refractivity (Wildman–Crippen MR) is 194 cm³/mol. The Bertz CT molecular complexity index is 2040. The van der Waals surface area contributed by atoms with Crippen molar-refractivity contribution in [2.45, 2.75) is 32.5 Å². The highest BCUT2D eigenvalue weighted by molar-refractivity contribution is 7.22. The summed E-state index contributed by atoms with van der Waals surface area (Å²) in [5, 5.41) is 11.5. The molecule has 9 nitrogen and oxygen atoms in total. The van der Waals surface area contributed by atoms with Crippen molar-refractivity contribution in [1.82, 2.24) is 19.8 Å². The summed E-state index contributed by atoms with van der Waals surface area (Å²) in [5.41, 5.74) is 4.17. The summed E-state index contributed by atoms with van der Waals surface area (Å²) in [7, 11) is 2.11. The molecule has 1 saturated heterocycles. The SMILES string of the molecule is Cc1c(Cl)c2c(Cl)c(C)c1-c1c(-c3ccc(F)cc3)sc3ncnc(c13)OC(C(=O)O)Cc1cccc(c1)OCC(CN1CCN(C)CC1)O2. The number of piperazine rings is 1. The first kappa shape index (κ1) is 34.4. The number of ether oxygens (including phenoxy) is 3. The van der Waals surface area contributed by atoms with E-state index in [1.165, 1.54) is 29.8 Å². The number of rotatable bonds is 4. The lowest BCUT2D eigenvalue weighted by atomic mass is 9.92. The van der Waals surface area contributed by atoms with Gasteiger partial charge >= 0.3 is 5.97 Å². The number of likely N-dealkylation sites (N-methyl/N-ethyl adjacent to an activating group) is 1. The van der Waals surface area contributed by atoms with Crippen molar-refractivity contribution in [3.8, 4) is 38.9 Å². The van der Waals surface area contributed by atoms with E-state index < -0.39 is 18.2 Å². The van der Waals surface area contributed by atoms with Crippen LogP contribution in [0.15, 0.2) is 54.9 Å². The van der Waals surface area contributed by atoms with Crippen LogP contribution in [-0.4, -0.2) is 89.4 Å². The average Bonchev–Trinajstić information content (AvgIpc) is 3.49. The highest BCUT2D eigenvalue weighted by atomic mass is 35.5. The van der Waals surface area contributed by atoms with Gasteiger partial charge < -0.3 is 24.2 Å². The summed E-state index contributed by atoms with van der Waals surface area (Å²) in [6.45, 7) is 8.19. The second kappa shape index (κ2) is 14.3. The van der Waals surface area contributed by atoms with Crippen molar-refractivity contribution in [1.29, 1.82) is 0 Å². The number of carboxylic acids is 1. The third kappa shape index (κ3) is 6.85. The molecule has 3 aliphatic rings. The van der Waals surface area contributed by atoms with Gasteiger partial charge in [0.05, 0.1) is 15.4 Å². The Hall–Kier alpha value is -4.00. The topological polar surface area (TPSA) is 97.2 Å². The van der Waals surface area contributed by atoms with E-state index in [0.29, 0.717) is 66.1 Å². The van der Waals surface area contributed by atoms with Crippen LogP contribution in [0.3, 0.4) is 0 Å². The number of thiophene rings is 1. The second-order valence-corrected chi connectivity index (χ2v) is 14.5. The minimum absolute atomic E-state index is 0.0492. The fraction of sp³-hybridized carbons (Fsp3) is 0.324. The molecule has 2 unspecified atom stereocenters. The minimum Gasteiger partial charge on any atom is -0.490 e. The van der Waals surface area contributed by atoms with Crippen LogP contribution in [-0.2, 0) is 11.2 Å². The molecule has 3 aliphatic heterocycles. The van der Waals surface area contributed by atoms with E-state index in [1.54, 1.807) is 12.1 Å². The van der Waals surface area contributed by atoms with Crippen molar-refractivity contribution in [2.75, 3.05) is 46.4 Å². The molecule has 0 aliphatic carbocycles. The van der Waals surface area contributed by atoms with E-state index in [4.69, 9.17) is 37.4 Å². The standard InChI is InChI=1S/C37H35Cl2FN4O5S/c1-20-28-21(2)32(39)33(31(20)38)48-26(17-44-13-11-43(3)12-14-44)18-47-25-6-4-5-22(15-25)16-27(37(45)46)49-35-30-29(28)34(50-36(30)42-19-41-35)23-7-9-24(40)10-8-23/h4-10,15,19,26-27H,11-14,16-18H2,1-3H3,(H,45,46). The van der Waals surface area contributed by atoms with E-state index in [9.17, 15) is 14.3 Å². The Morgan fingerprint density at radius 1 is 1.00 bits per heavy atom. The number of carbonyl (C=O) groups is 1. The molecule has 0 saturated carbocycles. The molecule has 2 atom stereocenters. The van der Waals surface area contributed by atoms with Crippen LogP contribution < -0.4 is 14.2 Å². The Balaban J connectivity index is 1.45. The zero-order valence-electron chi connectivity index (χ0n) is 27.7. The van der Waals surface area contributed by atoms with Crippen LogP contribution in [0.2, 0.25) is 10.0 Å². The lowest BCUT2D eigenvalue weighted by molar-refractivity contribution is -0.145. The van der Waals surface area contributed by atoms with Crippen molar-refractivity contribution in [3.63, 3.8) is 0 Å². The third-order valence-corrected chi connectivity index (χ3v) is 11.3. The van der Waals surface area contributed by atoms with Crippen LogP contribution in [0, 0.1) is 19.7 Å². The van der Waals surface area contributed by atoms with Gasteiger partial charge in [-0.3, -0.25) is 4.90 Å². The van der Waals surface area contributed by atoms with E-state index in [2.05, 4.69) is 26.8 Å². The molecular weight excluding hydrogens is 702 g/mol. The van der Waals surface area contributed by atoms with Crippen molar-refractivity contribution in [2.24, 2.45) is 0 Å². The number of aliphatic carboxylic acids is 1. The van der Waals surface area contributed by atoms with Gasteiger partial charge in [0, 0.05) is 49.6 Å². The summed E-state index contributed by atoms with van der Waals surface area (Å²) in [5.74, 6) is -0.510. The van der Waals surface area contributed by atoms with Crippen molar-refractivity contribution >= 4 is 50.7 Å². The second-order valence-electron chi connectivity index (χ2n) is 12.7. The number of halogens is 3. The zero-order chi connectivity index (χ0) is 35.1. The highest BCUT2D eigenvalue weighted by Gasteiger charge is 2.31. The molecule has 50 heavy (non-hydrogen) atoms. The Morgan fingerprint density at radius 3 is 2.42 bits per heavy atom. The molecular formula is C37H35Cl2FN4O5S. The van der Waals surface area contributed by atoms with Crippen LogP contribution in [0.4, 0.5) is 4.39 Å². The molecule has 2 aromatic heterocycles. The predicted octanol–water partition coefficient (Wildman–Crippen LogP) is 7.55. The van der Waals surface area contributed by atoms with Crippen molar-refractivity contribution in [3.05, 3.63) is 87.4 Å². The summed E-state index contributed by atoms with van der Waals surface area (Å²) in [4.78, 5) is 27.6. The van der Waals surface area contributed by atoms with Gasteiger partial charge in [0.1, 0.15) is 35.4 Å². The van der Waals surface area contributed by atoms with Gasteiger partial charge in [-0.25, -0.2) is 19.2 Å². The number of benzene rings is 3. The van der Waals surface area contributed by atoms with E-state index in [1.807, 2.05) is 38.1 Å². The molecule has 5 aromatic rings. The van der Waals surface area contributed by atoms with E-state index in [-0.39, 0.29) is 24.7 Å². The summed E-state index contributed by atoms with van der Waals surface area (Å²) >= 11 is 15.8. The number of nitrogens with zero attached hydrogens (tertiary/aromatic N) is 4. The van der Waals surface area contributed by atoms with Gasteiger partial charge in [-0.15, -0.1) is 11.3 Å². The maximum absolute atomic E-state index is 14.1. The Morgan fingerprint density at radius 2 is 1.72 bits per heavy atom. The fourth-order valence-corrected chi connectivity index (χ4v) is 8.20.